The van der Waals surface area contributed by atoms with Crippen LogP contribution in [0.1, 0.15) is 63.2 Å². The van der Waals surface area contributed by atoms with E-state index in [9.17, 15) is 4.79 Å². The molecule has 3 N–H and O–H groups in total. The van der Waals surface area contributed by atoms with Crippen molar-refractivity contribution in [2.75, 3.05) is 6.54 Å². The third-order valence-corrected chi connectivity index (χ3v) is 6.38. The summed E-state index contributed by atoms with van der Waals surface area (Å²) in [4.78, 5) is 23.0. The number of nitrogens with zero attached hydrogens (tertiary/aromatic N) is 2. The van der Waals surface area contributed by atoms with Gasteiger partial charge in [-0.3, -0.25) is 4.79 Å². The minimum atomic E-state index is 0.140. The molecular formula is C18H28N4O. The standard InChI is InChI=1S/C18H28N4O/c19-16-12-4-3-5-13(16)11-14(10-12)18(23)22-9-2-1-6-15(22)17-20-7-8-21-17/h7-8,12-16H,1-6,9-11,19H2,(H,20,21). The van der Waals surface area contributed by atoms with Crippen molar-refractivity contribution in [2.24, 2.45) is 23.5 Å². The van der Waals surface area contributed by atoms with Crippen LogP contribution in [0.2, 0.25) is 0 Å². The fraction of sp³-hybridized carbons (Fsp3) is 0.778. The number of nitrogens with two attached hydrogens (primary N) is 1. The second-order valence-electron chi connectivity index (χ2n) is 7.71. The van der Waals surface area contributed by atoms with Crippen molar-refractivity contribution in [3.8, 4) is 0 Å². The molecule has 1 aromatic rings. The van der Waals surface area contributed by atoms with Crippen LogP contribution in [-0.4, -0.2) is 33.4 Å². The van der Waals surface area contributed by atoms with Crippen LogP contribution < -0.4 is 5.73 Å². The molecule has 3 aliphatic rings. The maximum absolute atomic E-state index is 13.2. The average molecular weight is 316 g/mol. The van der Waals surface area contributed by atoms with Crippen molar-refractivity contribution >= 4 is 5.91 Å². The van der Waals surface area contributed by atoms with E-state index >= 15 is 0 Å². The van der Waals surface area contributed by atoms with Gasteiger partial charge in [0, 0.05) is 30.9 Å². The summed E-state index contributed by atoms with van der Waals surface area (Å²) in [5, 5.41) is 0. The zero-order valence-electron chi connectivity index (χ0n) is 13.8. The first-order valence-corrected chi connectivity index (χ1v) is 9.29. The smallest absolute Gasteiger partial charge is 0.226 e. The molecule has 2 heterocycles. The highest BCUT2D eigenvalue weighted by molar-refractivity contribution is 5.79. The predicted molar refractivity (Wildman–Crippen MR) is 88.4 cm³/mol. The van der Waals surface area contributed by atoms with Gasteiger partial charge in [0.2, 0.25) is 5.91 Å². The molecule has 0 spiro atoms. The Morgan fingerprint density at radius 2 is 1.96 bits per heavy atom. The van der Waals surface area contributed by atoms with E-state index in [0.29, 0.717) is 23.8 Å². The summed E-state index contributed by atoms with van der Waals surface area (Å²) >= 11 is 0. The van der Waals surface area contributed by atoms with Gasteiger partial charge in [-0.2, -0.15) is 0 Å². The Balaban J connectivity index is 1.51. The van der Waals surface area contributed by atoms with Gasteiger partial charge in [-0.15, -0.1) is 0 Å². The number of rotatable bonds is 2. The lowest BCUT2D eigenvalue weighted by Gasteiger charge is -2.45. The number of piperidine rings is 1. The number of carbonyl (C=O) groups is 1. The molecule has 2 aliphatic carbocycles. The number of H-pyrrole nitrogens is 1. The minimum Gasteiger partial charge on any atom is -0.347 e. The number of amides is 1. The van der Waals surface area contributed by atoms with E-state index in [1.165, 1.54) is 25.7 Å². The number of nitrogens with one attached hydrogen (secondary N) is 1. The number of aromatic nitrogens is 2. The number of imidazole rings is 1. The van der Waals surface area contributed by atoms with Gasteiger partial charge in [-0.25, -0.2) is 4.98 Å². The molecular weight excluding hydrogens is 288 g/mol. The Morgan fingerprint density at radius 3 is 2.65 bits per heavy atom. The highest BCUT2D eigenvalue weighted by atomic mass is 16.2. The molecule has 0 aromatic carbocycles. The Hall–Kier alpha value is -1.36. The van der Waals surface area contributed by atoms with E-state index in [1.807, 2.05) is 6.20 Å². The predicted octanol–water partition coefficient (Wildman–Crippen LogP) is 2.62. The topological polar surface area (TPSA) is 75.0 Å². The van der Waals surface area contributed by atoms with Crippen LogP contribution in [0.15, 0.2) is 12.4 Å². The largest absolute Gasteiger partial charge is 0.347 e. The van der Waals surface area contributed by atoms with E-state index < -0.39 is 0 Å². The summed E-state index contributed by atoms with van der Waals surface area (Å²) in [5.41, 5.74) is 6.39. The monoisotopic (exact) mass is 316 g/mol. The van der Waals surface area contributed by atoms with Crippen molar-refractivity contribution in [3.05, 3.63) is 18.2 Å². The second-order valence-corrected chi connectivity index (χ2v) is 7.71. The highest BCUT2D eigenvalue weighted by Gasteiger charge is 2.43. The fourth-order valence-electron chi connectivity index (χ4n) is 5.16. The van der Waals surface area contributed by atoms with Crippen LogP contribution in [0, 0.1) is 17.8 Å². The quantitative estimate of drug-likeness (QED) is 0.880. The van der Waals surface area contributed by atoms with E-state index in [0.717, 1.165) is 38.1 Å². The van der Waals surface area contributed by atoms with Crippen molar-refractivity contribution in [1.29, 1.82) is 0 Å². The third-order valence-electron chi connectivity index (χ3n) is 6.38. The lowest BCUT2D eigenvalue weighted by atomic mass is 9.64. The fourth-order valence-corrected chi connectivity index (χ4v) is 5.16. The van der Waals surface area contributed by atoms with Crippen LogP contribution in [0.5, 0.6) is 0 Å². The van der Waals surface area contributed by atoms with Gasteiger partial charge in [0.05, 0.1) is 6.04 Å². The summed E-state index contributed by atoms with van der Waals surface area (Å²) in [5.74, 6) is 2.60. The maximum Gasteiger partial charge on any atom is 0.226 e. The molecule has 3 unspecified atom stereocenters. The lowest BCUT2D eigenvalue weighted by molar-refractivity contribution is -0.142. The SMILES string of the molecule is NC1C2CCCC1CC(C(=O)N1CCCCC1c1ncc[nH]1)C2. The molecule has 1 amide bonds. The molecule has 2 bridgehead atoms. The molecule has 5 heteroatoms. The maximum atomic E-state index is 13.2. The van der Waals surface area contributed by atoms with Crippen LogP contribution in [-0.2, 0) is 4.79 Å². The Kier molecular flexibility index (Phi) is 4.14. The third kappa shape index (κ3) is 2.80. The second kappa shape index (κ2) is 6.27. The Morgan fingerprint density at radius 1 is 1.17 bits per heavy atom. The number of hydrogen-bond donors (Lipinski definition) is 2. The molecule has 5 nitrogen and oxygen atoms in total. The van der Waals surface area contributed by atoms with Gasteiger partial charge < -0.3 is 15.6 Å². The number of hydrogen-bond acceptors (Lipinski definition) is 3. The van der Waals surface area contributed by atoms with Gasteiger partial charge >= 0.3 is 0 Å². The lowest BCUT2D eigenvalue weighted by Crippen LogP contribution is -2.50. The summed E-state index contributed by atoms with van der Waals surface area (Å²) in [6.45, 7) is 0.877. The molecule has 4 rings (SSSR count). The van der Waals surface area contributed by atoms with Gasteiger partial charge in [0.25, 0.3) is 0 Å². The van der Waals surface area contributed by atoms with Crippen LogP contribution in [0.3, 0.4) is 0 Å². The molecule has 1 aromatic heterocycles. The van der Waals surface area contributed by atoms with Crippen molar-refractivity contribution in [3.63, 3.8) is 0 Å². The number of aromatic amines is 1. The molecule has 23 heavy (non-hydrogen) atoms. The van der Waals surface area contributed by atoms with E-state index in [1.54, 1.807) is 6.20 Å². The van der Waals surface area contributed by atoms with E-state index in [-0.39, 0.29) is 12.0 Å². The zero-order valence-corrected chi connectivity index (χ0v) is 13.8. The summed E-state index contributed by atoms with van der Waals surface area (Å²) in [6.07, 6.45) is 12.7. The Bertz CT molecular complexity index is 529. The van der Waals surface area contributed by atoms with Gasteiger partial charge in [-0.1, -0.05) is 6.42 Å². The van der Waals surface area contributed by atoms with Gasteiger partial charge in [0.1, 0.15) is 5.82 Å². The number of carbonyl (C=O) groups excluding carboxylic acids is 1. The highest BCUT2D eigenvalue weighted by Crippen LogP contribution is 2.43. The summed E-state index contributed by atoms with van der Waals surface area (Å²) in [6, 6.07) is 0.469. The van der Waals surface area contributed by atoms with Gasteiger partial charge in [-0.05, 0) is 56.8 Å². The van der Waals surface area contributed by atoms with E-state index in [2.05, 4.69) is 14.9 Å². The van der Waals surface area contributed by atoms with Crippen molar-refractivity contribution in [2.45, 2.75) is 63.5 Å². The molecule has 3 atom stereocenters. The molecule has 0 radical (unpaired) electrons. The number of likely N-dealkylation sites (tertiary alicyclic amines) is 1. The normalized spacial score (nSPS) is 37.6. The first-order valence-electron chi connectivity index (χ1n) is 9.29. The molecule has 1 aliphatic heterocycles. The zero-order chi connectivity index (χ0) is 15.8. The van der Waals surface area contributed by atoms with Crippen molar-refractivity contribution in [1.82, 2.24) is 14.9 Å². The van der Waals surface area contributed by atoms with Crippen LogP contribution in [0.4, 0.5) is 0 Å². The number of fused-ring (bicyclic) bond motifs is 2. The summed E-state index contributed by atoms with van der Waals surface area (Å²) in [7, 11) is 0. The molecule has 2 saturated carbocycles. The van der Waals surface area contributed by atoms with E-state index in [4.69, 9.17) is 5.73 Å². The van der Waals surface area contributed by atoms with Gasteiger partial charge in [0.15, 0.2) is 0 Å². The first-order chi connectivity index (χ1) is 11.2. The Labute approximate surface area is 138 Å². The average Bonchev–Trinajstić information content (AvgIpc) is 3.08. The van der Waals surface area contributed by atoms with Crippen LogP contribution >= 0.6 is 0 Å². The van der Waals surface area contributed by atoms with Crippen LogP contribution in [0.25, 0.3) is 0 Å². The van der Waals surface area contributed by atoms with Crippen molar-refractivity contribution < 1.29 is 4.79 Å². The summed E-state index contributed by atoms with van der Waals surface area (Å²) < 4.78 is 0. The molecule has 1 saturated heterocycles. The molecule has 3 fully saturated rings. The first kappa shape index (κ1) is 15.2. The molecule has 126 valence electrons. The minimum absolute atomic E-state index is 0.140.